The fourth-order valence-corrected chi connectivity index (χ4v) is 1.73. The Bertz CT molecular complexity index is 671. The minimum Gasteiger partial charge on any atom is -0.375 e. The van der Waals surface area contributed by atoms with E-state index in [9.17, 15) is 8.78 Å². The summed E-state index contributed by atoms with van der Waals surface area (Å²) in [6.45, 7) is 0. The van der Waals surface area contributed by atoms with E-state index in [0.717, 1.165) is 11.6 Å². The third-order valence-corrected chi connectivity index (χ3v) is 2.61. The van der Waals surface area contributed by atoms with Crippen molar-refractivity contribution in [3.05, 3.63) is 59.7 Å². The molecule has 0 heterocycles. The molecule has 6 heteroatoms. The van der Waals surface area contributed by atoms with Crippen LogP contribution in [-0.4, -0.2) is 11.3 Å². The summed E-state index contributed by atoms with van der Waals surface area (Å²) in [5.74, 6) is -1.22. The number of rotatable bonds is 3. The molecule has 0 unspecified atom stereocenters. The summed E-state index contributed by atoms with van der Waals surface area (Å²) in [6.07, 6.45) is 1.50. The molecule has 3 N–H and O–H groups in total. The normalized spacial score (nSPS) is 10.7. The molecule has 20 heavy (non-hydrogen) atoms. The van der Waals surface area contributed by atoms with Gasteiger partial charge in [0.05, 0.1) is 6.21 Å². The molecular formula is C14H11F2N3S. The summed E-state index contributed by atoms with van der Waals surface area (Å²) in [6, 6.07) is 10.5. The molecule has 102 valence electrons. The summed E-state index contributed by atoms with van der Waals surface area (Å²) in [7, 11) is 0. The van der Waals surface area contributed by atoms with Crippen molar-refractivity contribution in [2.24, 2.45) is 10.8 Å². The van der Waals surface area contributed by atoms with Crippen molar-refractivity contribution in [2.75, 3.05) is 0 Å². The molecule has 0 aliphatic heterocycles. The Morgan fingerprint density at radius 1 is 1.20 bits per heavy atom. The van der Waals surface area contributed by atoms with Crippen LogP contribution in [0.3, 0.4) is 0 Å². The maximum atomic E-state index is 13.7. The van der Waals surface area contributed by atoms with Gasteiger partial charge in [0.2, 0.25) is 0 Å². The SMILES string of the molecule is NC(=S)NN=Cc1cccc(-c2ccc(F)cc2F)c1. The largest absolute Gasteiger partial charge is 0.375 e. The van der Waals surface area contributed by atoms with E-state index in [-0.39, 0.29) is 5.11 Å². The first-order valence-corrected chi connectivity index (χ1v) is 6.11. The highest BCUT2D eigenvalue weighted by atomic mass is 32.1. The first-order chi connectivity index (χ1) is 9.56. The van der Waals surface area contributed by atoms with Crippen LogP contribution in [0.15, 0.2) is 47.6 Å². The molecule has 2 aromatic carbocycles. The molecule has 3 nitrogen and oxygen atoms in total. The van der Waals surface area contributed by atoms with Crippen molar-refractivity contribution < 1.29 is 8.78 Å². The van der Waals surface area contributed by atoms with Gasteiger partial charge < -0.3 is 5.73 Å². The van der Waals surface area contributed by atoms with Gasteiger partial charge in [-0.2, -0.15) is 5.10 Å². The molecule has 0 amide bonds. The van der Waals surface area contributed by atoms with Crippen LogP contribution in [0, 0.1) is 11.6 Å². The van der Waals surface area contributed by atoms with Crippen LogP contribution in [0.1, 0.15) is 5.56 Å². The quantitative estimate of drug-likeness (QED) is 0.519. The smallest absolute Gasteiger partial charge is 0.184 e. The third-order valence-electron chi connectivity index (χ3n) is 2.52. The zero-order valence-corrected chi connectivity index (χ0v) is 11.1. The minimum atomic E-state index is -0.611. The van der Waals surface area contributed by atoms with Gasteiger partial charge in [-0.15, -0.1) is 0 Å². The summed E-state index contributed by atoms with van der Waals surface area (Å²) in [4.78, 5) is 0. The Kier molecular flexibility index (Phi) is 4.37. The van der Waals surface area contributed by atoms with Crippen molar-refractivity contribution in [1.82, 2.24) is 5.43 Å². The second kappa shape index (κ2) is 6.21. The molecule has 2 aromatic rings. The van der Waals surface area contributed by atoms with Gasteiger partial charge in [0.1, 0.15) is 11.6 Å². The molecule has 0 saturated heterocycles. The average Bonchev–Trinajstić information content (AvgIpc) is 2.38. The lowest BCUT2D eigenvalue weighted by atomic mass is 10.0. The van der Waals surface area contributed by atoms with Gasteiger partial charge in [-0.05, 0) is 41.5 Å². The highest BCUT2D eigenvalue weighted by Crippen LogP contribution is 2.23. The van der Waals surface area contributed by atoms with Crippen molar-refractivity contribution in [2.45, 2.75) is 0 Å². The van der Waals surface area contributed by atoms with E-state index in [2.05, 4.69) is 22.7 Å². The second-order valence-corrected chi connectivity index (χ2v) is 4.42. The number of thiocarbonyl (C=S) groups is 1. The van der Waals surface area contributed by atoms with E-state index in [1.165, 1.54) is 18.3 Å². The molecule has 0 aromatic heterocycles. The lowest BCUT2D eigenvalue weighted by Crippen LogP contribution is -2.23. The average molecular weight is 291 g/mol. The Balaban J connectivity index is 2.29. The van der Waals surface area contributed by atoms with Crippen LogP contribution in [0.5, 0.6) is 0 Å². The van der Waals surface area contributed by atoms with E-state index in [4.69, 9.17) is 5.73 Å². The predicted octanol–water partition coefficient (Wildman–Crippen LogP) is 2.80. The lowest BCUT2D eigenvalue weighted by molar-refractivity contribution is 0.585. The van der Waals surface area contributed by atoms with Crippen LogP contribution in [-0.2, 0) is 0 Å². The van der Waals surface area contributed by atoms with Gasteiger partial charge in [-0.3, -0.25) is 5.43 Å². The maximum absolute atomic E-state index is 13.7. The number of hydrazone groups is 1. The third kappa shape index (κ3) is 3.58. The summed E-state index contributed by atoms with van der Waals surface area (Å²) in [5, 5.41) is 3.87. The van der Waals surface area contributed by atoms with Crippen LogP contribution in [0.2, 0.25) is 0 Å². The van der Waals surface area contributed by atoms with Crippen LogP contribution >= 0.6 is 12.2 Å². The highest BCUT2D eigenvalue weighted by Gasteiger charge is 2.06. The van der Waals surface area contributed by atoms with E-state index >= 15 is 0 Å². The van der Waals surface area contributed by atoms with Crippen molar-refractivity contribution in [1.29, 1.82) is 0 Å². The van der Waals surface area contributed by atoms with Gasteiger partial charge >= 0.3 is 0 Å². The van der Waals surface area contributed by atoms with Gasteiger partial charge in [0.15, 0.2) is 5.11 Å². The molecule has 0 radical (unpaired) electrons. The number of benzene rings is 2. The van der Waals surface area contributed by atoms with Crippen molar-refractivity contribution in [3.63, 3.8) is 0 Å². The number of hydrogen-bond donors (Lipinski definition) is 2. The Labute approximate surface area is 120 Å². The maximum Gasteiger partial charge on any atom is 0.184 e. The Morgan fingerprint density at radius 3 is 2.70 bits per heavy atom. The molecule has 0 fully saturated rings. The van der Waals surface area contributed by atoms with Gasteiger partial charge in [0.25, 0.3) is 0 Å². The first kappa shape index (κ1) is 14.1. The highest BCUT2D eigenvalue weighted by molar-refractivity contribution is 7.80. The van der Waals surface area contributed by atoms with E-state index in [1.54, 1.807) is 24.3 Å². The van der Waals surface area contributed by atoms with Gasteiger partial charge in [-0.1, -0.05) is 18.2 Å². The molecule has 0 atom stereocenters. The van der Waals surface area contributed by atoms with Gasteiger partial charge in [0, 0.05) is 11.6 Å². The predicted molar refractivity (Wildman–Crippen MR) is 79.3 cm³/mol. The van der Waals surface area contributed by atoms with Gasteiger partial charge in [-0.25, -0.2) is 8.78 Å². The van der Waals surface area contributed by atoms with Crippen LogP contribution in [0.4, 0.5) is 8.78 Å². The fraction of sp³-hybridized carbons (Fsp3) is 0. The standard InChI is InChI=1S/C14H11F2N3S/c15-11-4-5-12(13(16)7-11)10-3-1-2-9(6-10)8-18-19-14(17)20/h1-8H,(H3,17,19,20). The zero-order valence-electron chi connectivity index (χ0n) is 10.3. The molecule has 2 rings (SSSR count). The van der Waals surface area contributed by atoms with Crippen molar-refractivity contribution in [3.8, 4) is 11.1 Å². The molecule has 0 aliphatic carbocycles. The molecule has 0 saturated carbocycles. The Morgan fingerprint density at radius 2 is 2.00 bits per heavy atom. The topological polar surface area (TPSA) is 50.4 Å². The number of halogens is 2. The molecule has 0 spiro atoms. The number of nitrogens with two attached hydrogens (primary N) is 1. The zero-order chi connectivity index (χ0) is 14.5. The van der Waals surface area contributed by atoms with E-state index < -0.39 is 11.6 Å². The molecule has 0 aliphatic rings. The minimum absolute atomic E-state index is 0.0574. The van der Waals surface area contributed by atoms with Crippen molar-refractivity contribution >= 4 is 23.5 Å². The number of nitrogens with zero attached hydrogens (tertiary/aromatic N) is 1. The molecular weight excluding hydrogens is 280 g/mol. The summed E-state index contributed by atoms with van der Waals surface area (Å²) >= 11 is 4.61. The fourth-order valence-electron chi connectivity index (χ4n) is 1.68. The summed E-state index contributed by atoms with van der Waals surface area (Å²) < 4.78 is 26.6. The Hall–Kier alpha value is -2.34. The first-order valence-electron chi connectivity index (χ1n) is 5.70. The van der Waals surface area contributed by atoms with E-state index in [1.807, 2.05) is 0 Å². The second-order valence-electron chi connectivity index (χ2n) is 3.98. The number of hydrogen-bond acceptors (Lipinski definition) is 2. The van der Waals surface area contributed by atoms with Crippen LogP contribution < -0.4 is 11.2 Å². The van der Waals surface area contributed by atoms with Crippen LogP contribution in [0.25, 0.3) is 11.1 Å². The lowest BCUT2D eigenvalue weighted by Gasteiger charge is -2.04. The van der Waals surface area contributed by atoms with E-state index in [0.29, 0.717) is 11.1 Å². The summed E-state index contributed by atoms with van der Waals surface area (Å²) in [5.41, 5.74) is 9.34. The monoisotopic (exact) mass is 291 g/mol. The molecule has 0 bridgehead atoms. The number of nitrogens with one attached hydrogen (secondary N) is 1.